The second kappa shape index (κ2) is 6.83. The van der Waals surface area contributed by atoms with Crippen molar-refractivity contribution >= 4 is 48.1 Å². The van der Waals surface area contributed by atoms with Gasteiger partial charge in [-0.3, -0.25) is 9.11 Å². The van der Waals surface area contributed by atoms with Crippen molar-refractivity contribution in [2.24, 2.45) is 10.2 Å². The highest BCUT2D eigenvalue weighted by molar-refractivity contribution is 7.86. The van der Waals surface area contributed by atoms with Crippen molar-refractivity contribution in [1.29, 1.82) is 0 Å². The van der Waals surface area contributed by atoms with Crippen molar-refractivity contribution in [3.05, 3.63) is 48.5 Å². The molecule has 3 rings (SSSR count). The highest BCUT2D eigenvalue weighted by Crippen LogP contribution is 2.35. The molecule has 0 radical (unpaired) electrons. The predicted molar refractivity (Wildman–Crippen MR) is 100 cm³/mol. The number of phenolic OH excluding ortho intramolecular Hbond substituents is 1. The fraction of sp³-hybridized carbons (Fsp3) is 0. The molecule has 146 valence electrons. The third kappa shape index (κ3) is 3.94. The molecule has 0 aliphatic carbocycles. The third-order valence-corrected chi connectivity index (χ3v) is 5.54. The average Bonchev–Trinajstić information content (AvgIpc) is 2.58. The Morgan fingerprint density at radius 1 is 0.786 bits per heavy atom. The van der Waals surface area contributed by atoms with E-state index in [2.05, 4.69) is 10.2 Å². The summed E-state index contributed by atoms with van der Waals surface area (Å²) < 4.78 is 65.6. The molecule has 0 aliphatic rings. The van der Waals surface area contributed by atoms with Crippen LogP contribution < -0.4 is 5.73 Å². The summed E-state index contributed by atoms with van der Waals surface area (Å²) >= 11 is 0. The second-order valence-electron chi connectivity index (χ2n) is 5.69. The van der Waals surface area contributed by atoms with Gasteiger partial charge in [-0.25, -0.2) is 0 Å². The summed E-state index contributed by atoms with van der Waals surface area (Å²) in [5, 5.41) is 17.0. The minimum atomic E-state index is -4.75. The normalized spacial score (nSPS) is 12.6. The zero-order valence-corrected chi connectivity index (χ0v) is 15.5. The van der Waals surface area contributed by atoms with Crippen molar-refractivity contribution < 1.29 is 31.0 Å². The Kier molecular flexibility index (Phi) is 4.81. The van der Waals surface area contributed by atoms with Crippen LogP contribution in [0.2, 0.25) is 0 Å². The summed E-state index contributed by atoms with van der Waals surface area (Å²) in [7, 11) is -9.44. The van der Waals surface area contributed by atoms with E-state index in [1.165, 1.54) is 36.4 Å². The van der Waals surface area contributed by atoms with Crippen LogP contribution in [0.4, 0.5) is 17.1 Å². The van der Waals surface area contributed by atoms with Gasteiger partial charge in [-0.15, -0.1) is 5.11 Å². The van der Waals surface area contributed by atoms with Crippen LogP contribution in [0.1, 0.15) is 0 Å². The number of nitrogens with zero attached hydrogens (tertiary/aromatic N) is 2. The molecule has 0 heterocycles. The molecule has 10 nitrogen and oxygen atoms in total. The number of anilines is 1. The molecule has 3 aromatic carbocycles. The Bertz CT molecular complexity index is 1330. The average molecular weight is 423 g/mol. The molecule has 0 aliphatic heterocycles. The number of nitrogen functional groups attached to an aromatic ring is 1. The largest absolute Gasteiger partial charge is 0.506 e. The topological polar surface area (TPSA) is 180 Å². The number of phenols is 1. The molecule has 0 aromatic heterocycles. The van der Waals surface area contributed by atoms with Crippen LogP contribution in [0, 0.1) is 0 Å². The van der Waals surface area contributed by atoms with Gasteiger partial charge in [-0.2, -0.15) is 21.9 Å². The fourth-order valence-corrected chi connectivity index (χ4v) is 3.97. The van der Waals surface area contributed by atoms with Gasteiger partial charge in [-0.05, 0) is 30.3 Å². The van der Waals surface area contributed by atoms with Crippen molar-refractivity contribution in [2.45, 2.75) is 9.79 Å². The van der Waals surface area contributed by atoms with E-state index in [0.717, 1.165) is 12.1 Å². The van der Waals surface area contributed by atoms with Crippen LogP contribution >= 0.6 is 0 Å². The van der Waals surface area contributed by atoms with Crippen LogP contribution in [0.5, 0.6) is 5.75 Å². The quantitative estimate of drug-likeness (QED) is 0.281. The van der Waals surface area contributed by atoms with Crippen molar-refractivity contribution in [3.63, 3.8) is 0 Å². The van der Waals surface area contributed by atoms with Crippen molar-refractivity contribution in [3.8, 4) is 5.75 Å². The molecule has 5 N–H and O–H groups in total. The van der Waals surface area contributed by atoms with E-state index >= 15 is 0 Å². The van der Waals surface area contributed by atoms with Crippen LogP contribution in [0.25, 0.3) is 10.8 Å². The van der Waals surface area contributed by atoms with Gasteiger partial charge in [0.1, 0.15) is 21.2 Å². The van der Waals surface area contributed by atoms with Crippen molar-refractivity contribution in [2.75, 3.05) is 5.73 Å². The zero-order valence-electron chi connectivity index (χ0n) is 13.9. The van der Waals surface area contributed by atoms with Crippen LogP contribution in [0.15, 0.2) is 68.6 Å². The van der Waals surface area contributed by atoms with E-state index < -0.39 is 30.0 Å². The van der Waals surface area contributed by atoms with Gasteiger partial charge in [-0.1, -0.05) is 12.1 Å². The molecule has 12 heteroatoms. The molecule has 0 saturated carbocycles. The van der Waals surface area contributed by atoms with Gasteiger partial charge < -0.3 is 10.8 Å². The molecule has 0 unspecified atom stereocenters. The number of rotatable bonds is 4. The van der Waals surface area contributed by atoms with E-state index in [4.69, 9.17) is 5.73 Å². The first-order valence-electron chi connectivity index (χ1n) is 7.49. The Morgan fingerprint density at radius 2 is 1.46 bits per heavy atom. The second-order valence-corrected chi connectivity index (χ2v) is 8.47. The number of aromatic hydroxyl groups is 1. The maximum atomic E-state index is 11.7. The van der Waals surface area contributed by atoms with E-state index in [9.17, 15) is 31.0 Å². The molecular formula is C16H13N3O7S2. The van der Waals surface area contributed by atoms with Gasteiger partial charge in [0.2, 0.25) is 0 Å². The number of hydrogen-bond donors (Lipinski definition) is 4. The van der Waals surface area contributed by atoms with E-state index in [1.807, 2.05) is 0 Å². The van der Waals surface area contributed by atoms with Gasteiger partial charge >= 0.3 is 0 Å². The molecule has 0 spiro atoms. The molecular weight excluding hydrogens is 410 g/mol. The Morgan fingerprint density at radius 3 is 2.07 bits per heavy atom. The van der Waals surface area contributed by atoms with E-state index in [1.54, 1.807) is 0 Å². The highest BCUT2D eigenvalue weighted by atomic mass is 32.2. The van der Waals surface area contributed by atoms with Crippen LogP contribution in [-0.4, -0.2) is 31.0 Å². The lowest BCUT2D eigenvalue weighted by Gasteiger charge is -2.08. The number of hydrogen-bond acceptors (Lipinski definition) is 8. The summed E-state index contributed by atoms with van der Waals surface area (Å²) in [4.78, 5) is -1.19. The summed E-state index contributed by atoms with van der Waals surface area (Å²) in [5.41, 5.74) is 5.67. The molecule has 0 bridgehead atoms. The predicted octanol–water partition coefficient (Wildman–Crippen LogP) is 3.04. The minimum Gasteiger partial charge on any atom is -0.506 e. The summed E-state index contributed by atoms with van der Waals surface area (Å²) in [5.74, 6) is -0.279. The van der Waals surface area contributed by atoms with Crippen LogP contribution in [0.3, 0.4) is 0 Å². The van der Waals surface area contributed by atoms with Gasteiger partial charge in [0, 0.05) is 22.5 Å². The van der Waals surface area contributed by atoms with E-state index in [0.29, 0.717) is 0 Å². The van der Waals surface area contributed by atoms with Gasteiger partial charge in [0.05, 0.1) is 5.69 Å². The smallest absolute Gasteiger partial charge is 0.295 e. The lowest BCUT2D eigenvalue weighted by molar-refractivity contribution is 0.476. The first-order valence-corrected chi connectivity index (χ1v) is 10.4. The van der Waals surface area contributed by atoms with Crippen LogP contribution in [-0.2, 0) is 20.2 Å². The number of nitrogens with two attached hydrogens (primary N) is 1. The lowest BCUT2D eigenvalue weighted by atomic mass is 10.1. The SMILES string of the molecule is Nc1ccc(N=Nc2cc(S(=O)(=O)O)c3cccc(S(=O)(=O)O)c3c2)c(O)c1. The highest BCUT2D eigenvalue weighted by Gasteiger charge is 2.21. The molecule has 3 aromatic rings. The summed E-state index contributed by atoms with van der Waals surface area (Å²) in [6.45, 7) is 0. The minimum absolute atomic E-state index is 0.0192. The fourth-order valence-electron chi connectivity index (χ4n) is 2.54. The zero-order chi connectivity index (χ0) is 20.7. The monoisotopic (exact) mass is 423 g/mol. The standard InChI is InChI=1S/C16H13N3O7S2/c17-9-4-5-13(14(20)6-9)19-18-10-7-12-11(16(8-10)28(24,25)26)2-1-3-15(12)27(21,22)23/h1-8,20H,17H2,(H,21,22,23)(H,24,25,26). The van der Waals surface area contributed by atoms with E-state index in [-0.39, 0.29) is 33.6 Å². The molecule has 0 amide bonds. The summed E-state index contributed by atoms with van der Waals surface area (Å²) in [6, 6.07) is 9.74. The van der Waals surface area contributed by atoms with Gasteiger partial charge in [0.15, 0.2) is 0 Å². The molecule has 0 fully saturated rings. The Hall–Kier alpha value is -3.06. The van der Waals surface area contributed by atoms with Gasteiger partial charge in [0.25, 0.3) is 20.2 Å². The molecule has 28 heavy (non-hydrogen) atoms. The Labute approximate surface area is 159 Å². The maximum Gasteiger partial charge on any atom is 0.295 e. The number of azo groups is 1. The van der Waals surface area contributed by atoms with Crippen molar-refractivity contribution in [1.82, 2.24) is 0 Å². The lowest BCUT2D eigenvalue weighted by Crippen LogP contribution is -2.03. The first-order chi connectivity index (χ1) is 13.0. The summed E-state index contributed by atoms with van der Waals surface area (Å²) in [6.07, 6.45) is 0. The first kappa shape index (κ1) is 19.7. The third-order valence-electron chi connectivity index (χ3n) is 3.73. The maximum absolute atomic E-state index is 11.7. The number of benzene rings is 3. The molecule has 0 saturated heterocycles. The molecule has 0 atom stereocenters. The Balaban J connectivity index is 2.28. The number of fused-ring (bicyclic) bond motifs is 1.